The Balaban J connectivity index is 2.07. The van der Waals surface area contributed by atoms with Crippen LogP contribution in [0.4, 0.5) is 0 Å². The van der Waals surface area contributed by atoms with Crippen molar-refractivity contribution >= 4 is 5.91 Å². The van der Waals surface area contributed by atoms with Crippen molar-refractivity contribution in [3.05, 3.63) is 59.7 Å². The van der Waals surface area contributed by atoms with Crippen molar-refractivity contribution in [3.8, 4) is 11.1 Å². The second-order valence-corrected chi connectivity index (χ2v) is 6.79. The molecule has 0 saturated heterocycles. The van der Waals surface area contributed by atoms with Gasteiger partial charge in [0.1, 0.15) is 5.41 Å². The number of hydrogen-bond donors (Lipinski definition) is 2. The van der Waals surface area contributed by atoms with E-state index in [0.29, 0.717) is 6.54 Å². The van der Waals surface area contributed by atoms with E-state index in [9.17, 15) is 4.79 Å². The lowest BCUT2D eigenvalue weighted by atomic mass is 9.73. The molecule has 0 radical (unpaired) electrons. The maximum atomic E-state index is 13.4. The van der Waals surface area contributed by atoms with Gasteiger partial charge in [-0.3, -0.25) is 4.79 Å². The van der Waals surface area contributed by atoms with Gasteiger partial charge in [0, 0.05) is 13.2 Å². The Morgan fingerprint density at radius 2 is 1.56 bits per heavy atom. The Hall–Kier alpha value is -2.13. The minimum atomic E-state index is -0.613. The zero-order valence-corrected chi connectivity index (χ0v) is 14.9. The molecule has 3 nitrogen and oxygen atoms in total. The van der Waals surface area contributed by atoms with Crippen LogP contribution in [0.1, 0.15) is 50.2 Å². The highest BCUT2D eigenvalue weighted by Gasteiger charge is 2.48. The van der Waals surface area contributed by atoms with Crippen molar-refractivity contribution in [3.63, 3.8) is 0 Å². The molecular weight excluding hydrogens is 310 g/mol. The van der Waals surface area contributed by atoms with Gasteiger partial charge in [-0.25, -0.2) is 0 Å². The lowest BCUT2D eigenvalue weighted by molar-refractivity contribution is -0.125. The summed E-state index contributed by atoms with van der Waals surface area (Å²) < 4.78 is 0. The van der Waals surface area contributed by atoms with Crippen LogP contribution in [0.2, 0.25) is 0 Å². The lowest BCUT2D eigenvalue weighted by Gasteiger charge is -2.31. The van der Waals surface area contributed by atoms with Crippen LogP contribution in [0, 0.1) is 0 Å². The van der Waals surface area contributed by atoms with Crippen LogP contribution >= 0.6 is 0 Å². The first-order valence-electron chi connectivity index (χ1n) is 9.34. The minimum absolute atomic E-state index is 0.107. The Kier molecular flexibility index (Phi) is 5.54. The Morgan fingerprint density at radius 1 is 0.960 bits per heavy atom. The van der Waals surface area contributed by atoms with Gasteiger partial charge in [-0.05, 0) is 41.5 Å². The van der Waals surface area contributed by atoms with E-state index in [2.05, 4.69) is 36.5 Å². The molecule has 1 aliphatic carbocycles. The van der Waals surface area contributed by atoms with Crippen LogP contribution in [-0.4, -0.2) is 24.2 Å². The fraction of sp³-hybridized carbons (Fsp3) is 0.409. The monoisotopic (exact) mass is 337 g/mol. The molecule has 0 spiro atoms. The van der Waals surface area contributed by atoms with Crippen LogP contribution in [0.15, 0.2) is 48.5 Å². The number of hydrogen-bond acceptors (Lipinski definition) is 2. The summed E-state index contributed by atoms with van der Waals surface area (Å²) in [4.78, 5) is 13.4. The standard InChI is InChI=1S/C22H27NO2/c1-2-15-23-21(25)22(14-8-3-9-16-24)19-12-6-4-10-17(19)18-11-5-7-13-20(18)22/h4-7,10-13,24H,2-3,8-9,14-16H2,1H3,(H,23,25). The van der Waals surface area contributed by atoms with Crippen LogP contribution in [0.25, 0.3) is 11.1 Å². The second kappa shape index (κ2) is 7.83. The van der Waals surface area contributed by atoms with Gasteiger partial charge in [0.15, 0.2) is 0 Å². The van der Waals surface area contributed by atoms with E-state index in [0.717, 1.165) is 43.2 Å². The zero-order valence-electron chi connectivity index (χ0n) is 14.9. The summed E-state index contributed by atoms with van der Waals surface area (Å²) in [6, 6.07) is 16.6. The van der Waals surface area contributed by atoms with E-state index in [1.807, 2.05) is 24.3 Å². The third-order valence-electron chi connectivity index (χ3n) is 5.20. The molecule has 2 aromatic rings. The summed E-state index contributed by atoms with van der Waals surface area (Å²) >= 11 is 0. The molecule has 1 aliphatic rings. The molecule has 3 rings (SSSR count). The van der Waals surface area contributed by atoms with Crippen molar-refractivity contribution in [2.24, 2.45) is 0 Å². The normalized spacial score (nSPS) is 14.0. The third-order valence-corrected chi connectivity index (χ3v) is 5.20. The average molecular weight is 337 g/mol. The molecule has 0 atom stereocenters. The van der Waals surface area contributed by atoms with Crippen molar-refractivity contribution in [1.82, 2.24) is 5.32 Å². The van der Waals surface area contributed by atoms with Crippen LogP contribution in [0.3, 0.4) is 0 Å². The van der Waals surface area contributed by atoms with Crippen molar-refractivity contribution in [2.45, 2.75) is 44.4 Å². The third kappa shape index (κ3) is 3.09. The second-order valence-electron chi connectivity index (χ2n) is 6.79. The summed E-state index contributed by atoms with van der Waals surface area (Å²) in [5.41, 5.74) is 3.97. The molecule has 0 saturated carbocycles. The summed E-state index contributed by atoms with van der Waals surface area (Å²) in [5, 5.41) is 12.2. The molecule has 0 bridgehead atoms. The summed E-state index contributed by atoms with van der Waals surface area (Å²) in [6.45, 7) is 2.98. The van der Waals surface area contributed by atoms with Crippen LogP contribution < -0.4 is 5.32 Å². The van der Waals surface area contributed by atoms with Gasteiger partial charge in [0.05, 0.1) is 0 Å². The highest BCUT2D eigenvalue weighted by molar-refractivity contribution is 6.00. The first-order chi connectivity index (χ1) is 12.3. The van der Waals surface area contributed by atoms with Crippen molar-refractivity contribution in [2.75, 3.05) is 13.2 Å². The Bertz CT molecular complexity index is 693. The smallest absolute Gasteiger partial charge is 0.235 e. The van der Waals surface area contributed by atoms with E-state index < -0.39 is 5.41 Å². The number of fused-ring (bicyclic) bond motifs is 3. The number of nitrogens with one attached hydrogen (secondary N) is 1. The predicted octanol–water partition coefficient (Wildman–Crippen LogP) is 4.03. The van der Waals surface area contributed by atoms with Crippen molar-refractivity contribution in [1.29, 1.82) is 0 Å². The van der Waals surface area contributed by atoms with Crippen molar-refractivity contribution < 1.29 is 9.90 Å². The number of aliphatic hydroxyl groups excluding tert-OH is 1. The zero-order chi connectivity index (χ0) is 17.7. The number of amides is 1. The van der Waals surface area contributed by atoms with Crippen LogP contribution in [0.5, 0.6) is 0 Å². The number of aliphatic hydroxyl groups is 1. The first kappa shape index (κ1) is 17.7. The van der Waals surface area contributed by atoms with Gasteiger partial charge in [0.25, 0.3) is 0 Å². The minimum Gasteiger partial charge on any atom is -0.396 e. The number of benzene rings is 2. The number of carbonyl (C=O) groups is 1. The molecular formula is C22H27NO2. The molecule has 0 unspecified atom stereocenters. The fourth-order valence-corrected chi connectivity index (χ4v) is 4.02. The molecule has 0 aromatic heterocycles. The van der Waals surface area contributed by atoms with E-state index >= 15 is 0 Å². The first-order valence-corrected chi connectivity index (χ1v) is 9.34. The van der Waals surface area contributed by atoms with E-state index in [4.69, 9.17) is 5.11 Å². The highest BCUT2D eigenvalue weighted by atomic mass is 16.2. The molecule has 0 aliphatic heterocycles. The summed E-state index contributed by atoms with van der Waals surface area (Å²) in [6.07, 6.45) is 4.34. The molecule has 1 amide bonds. The predicted molar refractivity (Wildman–Crippen MR) is 102 cm³/mol. The molecule has 0 heterocycles. The molecule has 3 heteroatoms. The van der Waals surface area contributed by atoms with E-state index in [1.165, 1.54) is 11.1 Å². The van der Waals surface area contributed by atoms with E-state index in [-0.39, 0.29) is 12.5 Å². The molecule has 2 N–H and O–H groups in total. The largest absolute Gasteiger partial charge is 0.396 e. The Morgan fingerprint density at radius 3 is 2.12 bits per heavy atom. The average Bonchev–Trinajstić information content (AvgIpc) is 2.95. The maximum absolute atomic E-state index is 13.4. The quantitative estimate of drug-likeness (QED) is 0.715. The highest BCUT2D eigenvalue weighted by Crippen LogP contribution is 2.51. The summed E-state index contributed by atoms with van der Waals surface area (Å²) in [5.74, 6) is 0.107. The topological polar surface area (TPSA) is 49.3 Å². The van der Waals surface area contributed by atoms with Gasteiger partial charge >= 0.3 is 0 Å². The molecule has 25 heavy (non-hydrogen) atoms. The SMILES string of the molecule is CCCNC(=O)C1(CCCCCO)c2ccccc2-c2ccccc21. The molecule has 132 valence electrons. The summed E-state index contributed by atoms with van der Waals surface area (Å²) in [7, 11) is 0. The maximum Gasteiger partial charge on any atom is 0.235 e. The fourth-order valence-electron chi connectivity index (χ4n) is 4.02. The molecule has 2 aromatic carbocycles. The Labute approximate surface area is 150 Å². The van der Waals surface area contributed by atoms with Gasteiger partial charge in [-0.2, -0.15) is 0 Å². The number of unbranched alkanes of at least 4 members (excludes halogenated alkanes) is 2. The van der Waals surface area contributed by atoms with Gasteiger partial charge in [-0.15, -0.1) is 0 Å². The van der Waals surface area contributed by atoms with Gasteiger partial charge in [0.2, 0.25) is 5.91 Å². The van der Waals surface area contributed by atoms with Gasteiger partial charge in [-0.1, -0.05) is 68.3 Å². The molecule has 0 fully saturated rings. The number of carbonyl (C=O) groups excluding carboxylic acids is 1. The number of rotatable bonds is 8. The lowest BCUT2D eigenvalue weighted by Crippen LogP contribution is -2.44. The van der Waals surface area contributed by atoms with Crippen LogP contribution in [-0.2, 0) is 10.2 Å². The van der Waals surface area contributed by atoms with Gasteiger partial charge < -0.3 is 10.4 Å². The van der Waals surface area contributed by atoms with E-state index in [1.54, 1.807) is 0 Å².